The van der Waals surface area contributed by atoms with E-state index >= 15 is 0 Å². The normalized spacial score (nSPS) is 23.5. The third-order valence-electron chi connectivity index (χ3n) is 5.65. The Labute approximate surface area is 243 Å². The molecule has 4 unspecified atom stereocenters. The first-order valence-corrected chi connectivity index (χ1v) is 14.0. The van der Waals surface area contributed by atoms with Gasteiger partial charge in [0.1, 0.15) is 22.7 Å². The van der Waals surface area contributed by atoms with Crippen LogP contribution in [0, 0.1) is 19.3 Å². The number of ether oxygens (including phenoxy) is 2. The van der Waals surface area contributed by atoms with Crippen molar-refractivity contribution in [3.63, 3.8) is 0 Å². The lowest BCUT2D eigenvalue weighted by Crippen LogP contribution is -2.50. The van der Waals surface area contributed by atoms with Crippen LogP contribution in [0.3, 0.4) is 0 Å². The summed E-state index contributed by atoms with van der Waals surface area (Å²) in [6, 6.07) is -0.724. The van der Waals surface area contributed by atoms with Crippen molar-refractivity contribution < 1.29 is 49.6 Å². The zero-order valence-corrected chi connectivity index (χ0v) is 26.0. The minimum Gasteiger partial charge on any atom is -0.444 e. The predicted octanol–water partition coefficient (Wildman–Crippen LogP) is 6.32. The lowest BCUT2D eigenvalue weighted by molar-refractivity contribution is -0.126. The highest BCUT2D eigenvalue weighted by molar-refractivity contribution is 7.87. The summed E-state index contributed by atoms with van der Waals surface area (Å²) in [5, 5.41) is 0. The number of piperidine rings is 1. The van der Waals surface area contributed by atoms with Crippen molar-refractivity contribution in [2.45, 2.75) is 112 Å². The molecule has 0 radical (unpaired) electrons. The van der Waals surface area contributed by atoms with Gasteiger partial charge in [-0.1, -0.05) is 21.3 Å². The van der Waals surface area contributed by atoms with Crippen LogP contribution in [-0.4, -0.2) is 78.1 Å². The van der Waals surface area contributed by atoms with Gasteiger partial charge in [-0.05, 0) is 61.5 Å². The smallest absolute Gasteiger partial charge is 0.444 e. The number of Topliss-reactive ketones (excluding diaryl/α,β-unsaturated/α-hetero) is 1. The highest BCUT2D eigenvalue weighted by Gasteiger charge is 2.49. The molecule has 242 valence electrons. The van der Waals surface area contributed by atoms with Gasteiger partial charge in [-0.3, -0.25) is 4.79 Å². The van der Waals surface area contributed by atoms with E-state index in [0.717, 1.165) is 0 Å². The highest BCUT2D eigenvalue weighted by atomic mass is 32.2. The summed E-state index contributed by atoms with van der Waals surface area (Å²) in [7, 11) is -5.72. The molecular formula is C27H48F3N2O8S-. The number of nitrogens with zero attached hydrogens (tertiary/aromatic N) is 2. The molecule has 0 aromatic carbocycles. The van der Waals surface area contributed by atoms with Crippen molar-refractivity contribution in [2.75, 3.05) is 13.1 Å². The van der Waals surface area contributed by atoms with E-state index in [4.69, 9.17) is 9.47 Å². The second-order valence-corrected chi connectivity index (χ2v) is 13.4. The summed E-state index contributed by atoms with van der Waals surface area (Å²) >= 11 is 0. The zero-order valence-electron chi connectivity index (χ0n) is 25.2. The molecule has 41 heavy (non-hydrogen) atoms. The lowest BCUT2D eigenvalue weighted by atomic mass is 9.94. The zero-order chi connectivity index (χ0) is 30.7. The number of carbonyl (C=O) groups excluding carboxylic acids is 3. The van der Waals surface area contributed by atoms with Crippen LogP contribution in [0.2, 0.25) is 0 Å². The van der Waals surface area contributed by atoms with Gasteiger partial charge in [0.15, 0.2) is 0 Å². The first kappa shape index (κ1) is 40.6. The van der Waals surface area contributed by atoms with Crippen molar-refractivity contribution >= 4 is 28.1 Å². The first-order chi connectivity index (χ1) is 17.3. The molecule has 14 heteroatoms. The monoisotopic (exact) mass is 617 g/mol. The van der Waals surface area contributed by atoms with Gasteiger partial charge in [0, 0.05) is 37.4 Å². The van der Waals surface area contributed by atoms with Gasteiger partial charge in [-0.25, -0.2) is 9.59 Å². The van der Waals surface area contributed by atoms with Crippen molar-refractivity contribution in [3.8, 4) is 0 Å². The fourth-order valence-corrected chi connectivity index (χ4v) is 4.21. The van der Waals surface area contributed by atoms with Crippen molar-refractivity contribution in [2.24, 2.45) is 11.8 Å². The Kier molecular flexibility index (Phi) is 14.5. The number of hydrogen-bond donors (Lipinski definition) is 0. The van der Waals surface area contributed by atoms with E-state index in [2.05, 4.69) is 4.18 Å². The molecule has 0 spiro atoms. The molecule has 4 atom stereocenters. The Balaban J connectivity index is 0. The largest absolute Gasteiger partial charge is 0.534 e. The number of likely N-dealkylation sites (tertiary alicyclic amines) is 1. The molecule has 2 rings (SSSR count). The minimum atomic E-state index is -5.72. The second kappa shape index (κ2) is 14.6. The fraction of sp³-hybridized carbons (Fsp3) is 0.778. The van der Waals surface area contributed by atoms with Crippen LogP contribution in [0.1, 0.15) is 83.1 Å². The number of ketones is 1. The molecule has 2 amide bonds. The molecule has 2 aliphatic heterocycles. The maximum absolute atomic E-state index is 12.4. The second-order valence-electron chi connectivity index (χ2n) is 11.9. The summed E-state index contributed by atoms with van der Waals surface area (Å²) in [6.45, 7) is 17.7. The highest BCUT2D eigenvalue weighted by Crippen LogP contribution is 2.32. The van der Waals surface area contributed by atoms with Crippen LogP contribution in [0.25, 0.3) is 0 Å². The number of halogens is 3. The van der Waals surface area contributed by atoms with Crippen molar-refractivity contribution in [1.29, 1.82) is 0 Å². The average Bonchev–Trinajstić information content (AvgIpc) is 2.70. The Hall–Kier alpha value is -2.51. The molecule has 2 heterocycles. The van der Waals surface area contributed by atoms with E-state index in [0.29, 0.717) is 13.0 Å². The molecule has 1 saturated heterocycles. The predicted molar refractivity (Wildman–Crippen MR) is 150 cm³/mol. The van der Waals surface area contributed by atoms with Gasteiger partial charge in [0.25, 0.3) is 0 Å². The van der Waals surface area contributed by atoms with Crippen molar-refractivity contribution in [1.82, 2.24) is 9.80 Å². The molecule has 10 nitrogen and oxygen atoms in total. The summed E-state index contributed by atoms with van der Waals surface area (Å²) in [5.41, 5.74) is -6.71. The molecular weight excluding hydrogens is 569 g/mol. The number of hydrogen-bond acceptors (Lipinski definition) is 8. The number of rotatable bonds is 2. The van der Waals surface area contributed by atoms with Crippen LogP contribution in [-0.2, 0) is 28.6 Å². The number of carbonyl (C=O) groups is 3. The molecule has 0 aromatic heterocycles. The third kappa shape index (κ3) is 12.5. The fourth-order valence-electron chi connectivity index (χ4n) is 3.64. The van der Waals surface area contributed by atoms with E-state index in [1.54, 1.807) is 25.7 Å². The summed E-state index contributed by atoms with van der Waals surface area (Å²) in [4.78, 5) is 38.3. The molecule has 0 saturated carbocycles. The van der Waals surface area contributed by atoms with E-state index in [-0.39, 0.29) is 51.0 Å². The SMILES string of the molecule is C.CC1CN(C(=O)OC(C)(C)C)C(C)C=C1OS(=O)(=O)C(F)(F)F.CC1CN(C(=O)OC(C)(C)C)C(C)CC1=O.[CH3-]. The molecule has 0 aliphatic carbocycles. The Morgan fingerprint density at radius 1 is 0.854 bits per heavy atom. The van der Waals surface area contributed by atoms with Crippen LogP contribution < -0.4 is 0 Å². The molecule has 0 N–H and O–H groups in total. The van der Waals surface area contributed by atoms with Crippen LogP contribution in [0.4, 0.5) is 22.8 Å². The number of amides is 2. The minimum absolute atomic E-state index is 0. The van der Waals surface area contributed by atoms with Crippen LogP contribution >= 0.6 is 0 Å². The van der Waals surface area contributed by atoms with E-state index in [1.165, 1.54) is 24.8 Å². The summed E-state index contributed by atoms with van der Waals surface area (Å²) in [6.07, 6.45) is 0.645. The summed E-state index contributed by atoms with van der Waals surface area (Å²) < 4.78 is 74.0. The number of alkyl halides is 3. The van der Waals surface area contributed by atoms with Crippen LogP contribution in [0.5, 0.6) is 0 Å². The van der Waals surface area contributed by atoms with Gasteiger partial charge in [-0.2, -0.15) is 21.6 Å². The molecule has 0 aromatic rings. The first-order valence-electron chi connectivity index (χ1n) is 12.6. The maximum Gasteiger partial charge on any atom is 0.534 e. The molecule has 2 aliphatic rings. The third-order valence-corrected chi connectivity index (χ3v) is 6.63. The Morgan fingerprint density at radius 3 is 1.68 bits per heavy atom. The van der Waals surface area contributed by atoms with Gasteiger partial charge in [-0.15, -0.1) is 0 Å². The van der Waals surface area contributed by atoms with Crippen LogP contribution in [0.15, 0.2) is 11.8 Å². The Bertz CT molecular complexity index is 1050. The lowest BCUT2D eigenvalue weighted by Gasteiger charge is -2.36. The topological polar surface area (TPSA) is 120 Å². The van der Waals surface area contributed by atoms with Crippen molar-refractivity contribution in [3.05, 3.63) is 19.3 Å². The van der Waals surface area contributed by atoms with Gasteiger partial charge < -0.3 is 30.9 Å². The van der Waals surface area contributed by atoms with Gasteiger partial charge in [0.2, 0.25) is 0 Å². The average molecular weight is 618 g/mol. The van der Waals surface area contributed by atoms with E-state index in [1.807, 2.05) is 34.6 Å². The maximum atomic E-state index is 12.4. The van der Waals surface area contributed by atoms with E-state index in [9.17, 15) is 36.0 Å². The van der Waals surface area contributed by atoms with Gasteiger partial charge in [0.05, 0.1) is 6.04 Å². The van der Waals surface area contributed by atoms with Gasteiger partial charge >= 0.3 is 27.8 Å². The quantitative estimate of drug-likeness (QED) is 0.201. The Morgan fingerprint density at radius 2 is 1.27 bits per heavy atom. The summed E-state index contributed by atoms with van der Waals surface area (Å²) in [5.74, 6) is -0.915. The standard InChI is InChI=1S/C13H20F3NO5S.C12H21NO3.CH4.CH3/c1-8-7-17(11(18)21-12(3,4)5)9(2)6-10(8)22-23(19,20)13(14,15)16;1-8-7-13(9(2)6-10(8)14)11(15)16-12(3,4)5;;/h6,8-9H,7H2,1-5H3;8-9H,6-7H2,1-5H3;1H4;1H3/q;;;-1. The molecule has 0 bridgehead atoms. The molecule has 1 fully saturated rings. The van der Waals surface area contributed by atoms with E-state index < -0.39 is 44.9 Å².